The molecule has 0 amide bonds. The molecule has 0 radical (unpaired) electrons. The van der Waals surface area contributed by atoms with E-state index in [4.69, 9.17) is 5.73 Å². The summed E-state index contributed by atoms with van der Waals surface area (Å²) in [5.74, 6) is 0. The Morgan fingerprint density at radius 1 is 1.45 bits per heavy atom. The maximum absolute atomic E-state index is 12.5. The minimum absolute atomic E-state index is 0.103. The zero-order valence-electron chi connectivity index (χ0n) is 11.5. The fourth-order valence-electron chi connectivity index (χ4n) is 2.43. The molecule has 112 valence electrons. The van der Waals surface area contributed by atoms with E-state index in [-0.39, 0.29) is 6.04 Å². The highest BCUT2D eigenvalue weighted by Gasteiger charge is 2.31. The number of piperidine rings is 1. The zero-order valence-corrected chi connectivity index (χ0v) is 13.9. The third-order valence-electron chi connectivity index (χ3n) is 3.59. The van der Waals surface area contributed by atoms with Crippen molar-refractivity contribution in [2.75, 3.05) is 17.8 Å². The monoisotopic (exact) mass is 361 g/mol. The standard InChI is InChI=1S/C13H20BrN3O2S/c1-10-5-6-11(14)8-13(10)16-20(18,19)17-7-3-2-4-12(17)9-15/h5-6,8,12,16H,2-4,7,9,15H2,1H3. The van der Waals surface area contributed by atoms with E-state index in [0.29, 0.717) is 18.8 Å². The summed E-state index contributed by atoms with van der Waals surface area (Å²) in [6.07, 6.45) is 2.74. The maximum Gasteiger partial charge on any atom is 0.301 e. The molecule has 20 heavy (non-hydrogen) atoms. The molecule has 0 aromatic heterocycles. The van der Waals surface area contributed by atoms with Gasteiger partial charge in [-0.3, -0.25) is 4.72 Å². The van der Waals surface area contributed by atoms with Crippen LogP contribution in [0.5, 0.6) is 0 Å². The first kappa shape index (κ1) is 15.8. The van der Waals surface area contributed by atoms with E-state index in [9.17, 15) is 8.42 Å². The van der Waals surface area contributed by atoms with Gasteiger partial charge in [0.25, 0.3) is 0 Å². The van der Waals surface area contributed by atoms with E-state index in [1.54, 1.807) is 6.07 Å². The molecule has 5 nitrogen and oxygen atoms in total. The molecule has 1 heterocycles. The number of hydrogen-bond acceptors (Lipinski definition) is 3. The topological polar surface area (TPSA) is 75.4 Å². The van der Waals surface area contributed by atoms with Crippen LogP contribution >= 0.6 is 15.9 Å². The van der Waals surface area contributed by atoms with Crippen molar-refractivity contribution < 1.29 is 8.42 Å². The van der Waals surface area contributed by atoms with Crippen LogP contribution in [-0.2, 0) is 10.2 Å². The van der Waals surface area contributed by atoms with Gasteiger partial charge in [0.05, 0.1) is 5.69 Å². The van der Waals surface area contributed by atoms with Gasteiger partial charge in [0.2, 0.25) is 0 Å². The largest absolute Gasteiger partial charge is 0.329 e. The fraction of sp³-hybridized carbons (Fsp3) is 0.538. The van der Waals surface area contributed by atoms with E-state index >= 15 is 0 Å². The summed E-state index contributed by atoms with van der Waals surface area (Å²) in [7, 11) is -3.55. The van der Waals surface area contributed by atoms with E-state index in [1.165, 1.54) is 4.31 Å². The molecule has 0 aliphatic carbocycles. The Kier molecular flexibility index (Phi) is 5.06. The van der Waals surface area contributed by atoms with Crippen LogP contribution in [0.1, 0.15) is 24.8 Å². The van der Waals surface area contributed by atoms with Crippen molar-refractivity contribution in [3.8, 4) is 0 Å². The van der Waals surface area contributed by atoms with Crippen LogP contribution in [0.25, 0.3) is 0 Å². The molecule has 0 bridgehead atoms. The third-order valence-corrected chi connectivity index (χ3v) is 5.66. The molecule has 1 fully saturated rings. The van der Waals surface area contributed by atoms with E-state index in [0.717, 1.165) is 29.3 Å². The van der Waals surface area contributed by atoms with Crippen molar-refractivity contribution in [1.82, 2.24) is 4.31 Å². The summed E-state index contributed by atoms with van der Waals surface area (Å²) in [4.78, 5) is 0. The molecule has 0 saturated carbocycles. The summed E-state index contributed by atoms with van der Waals surface area (Å²) in [6.45, 7) is 2.77. The minimum atomic E-state index is -3.55. The van der Waals surface area contributed by atoms with Gasteiger partial charge in [-0.25, -0.2) is 0 Å². The van der Waals surface area contributed by atoms with Gasteiger partial charge >= 0.3 is 10.2 Å². The quantitative estimate of drug-likeness (QED) is 0.863. The molecule has 1 atom stereocenters. The molecule has 0 spiro atoms. The summed E-state index contributed by atoms with van der Waals surface area (Å²) >= 11 is 3.36. The number of nitrogens with one attached hydrogen (secondary N) is 1. The number of halogens is 1. The molecule has 2 rings (SSSR count). The maximum atomic E-state index is 12.5. The van der Waals surface area contributed by atoms with Gasteiger partial charge in [0.15, 0.2) is 0 Å². The second kappa shape index (κ2) is 6.43. The van der Waals surface area contributed by atoms with Crippen LogP contribution in [0, 0.1) is 6.92 Å². The molecule has 1 aliphatic heterocycles. The predicted molar refractivity (Wildman–Crippen MR) is 84.8 cm³/mol. The Morgan fingerprint density at radius 3 is 2.90 bits per heavy atom. The highest BCUT2D eigenvalue weighted by molar-refractivity contribution is 9.10. The molecule has 1 aromatic rings. The number of hydrogen-bond donors (Lipinski definition) is 2. The van der Waals surface area contributed by atoms with Crippen LogP contribution < -0.4 is 10.5 Å². The number of nitrogens with zero attached hydrogens (tertiary/aromatic N) is 1. The van der Waals surface area contributed by atoms with Crippen molar-refractivity contribution in [3.63, 3.8) is 0 Å². The Hall–Kier alpha value is -0.630. The van der Waals surface area contributed by atoms with Crippen molar-refractivity contribution in [2.45, 2.75) is 32.2 Å². The first-order chi connectivity index (χ1) is 9.44. The fourth-order valence-corrected chi connectivity index (χ4v) is 4.36. The Labute approximate surface area is 128 Å². The van der Waals surface area contributed by atoms with Crippen LogP contribution in [0.3, 0.4) is 0 Å². The molecular weight excluding hydrogens is 342 g/mol. The number of rotatable bonds is 4. The molecule has 3 N–H and O–H groups in total. The van der Waals surface area contributed by atoms with E-state index in [2.05, 4.69) is 20.7 Å². The van der Waals surface area contributed by atoms with Crippen molar-refractivity contribution in [2.24, 2.45) is 5.73 Å². The zero-order chi connectivity index (χ0) is 14.8. The van der Waals surface area contributed by atoms with E-state index < -0.39 is 10.2 Å². The van der Waals surface area contributed by atoms with Gasteiger partial charge < -0.3 is 5.73 Å². The van der Waals surface area contributed by atoms with Gasteiger partial charge in [-0.2, -0.15) is 12.7 Å². The molecule has 1 aliphatic rings. The summed E-state index contributed by atoms with van der Waals surface area (Å²) in [5.41, 5.74) is 7.18. The summed E-state index contributed by atoms with van der Waals surface area (Å²) < 4.78 is 30.1. The Balaban J connectivity index is 2.24. The smallest absolute Gasteiger partial charge is 0.301 e. The second-order valence-electron chi connectivity index (χ2n) is 5.06. The molecule has 1 aromatic carbocycles. The Morgan fingerprint density at radius 2 is 2.20 bits per heavy atom. The average molecular weight is 362 g/mol. The van der Waals surface area contributed by atoms with Gasteiger partial charge in [-0.15, -0.1) is 0 Å². The lowest BCUT2D eigenvalue weighted by atomic mass is 10.1. The third kappa shape index (κ3) is 3.52. The van der Waals surface area contributed by atoms with Crippen LogP contribution in [-0.4, -0.2) is 31.9 Å². The second-order valence-corrected chi connectivity index (χ2v) is 7.60. The number of anilines is 1. The van der Waals surface area contributed by atoms with Crippen LogP contribution in [0.2, 0.25) is 0 Å². The molecule has 1 unspecified atom stereocenters. The molecule has 1 saturated heterocycles. The lowest BCUT2D eigenvalue weighted by Gasteiger charge is -2.34. The van der Waals surface area contributed by atoms with Gasteiger partial charge in [-0.1, -0.05) is 28.4 Å². The predicted octanol–water partition coefficient (Wildman–Crippen LogP) is 2.23. The van der Waals surface area contributed by atoms with Crippen LogP contribution in [0.4, 0.5) is 5.69 Å². The lowest BCUT2D eigenvalue weighted by molar-refractivity contribution is 0.259. The summed E-state index contributed by atoms with van der Waals surface area (Å²) in [6, 6.07) is 5.43. The van der Waals surface area contributed by atoms with Crippen molar-refractivity contribution in [3.05, 3.63) is 28.2 Å². The first-order valence-electron chi connectivity index (χ1n) is 6.70. The lowest BCUT2D eigenvalue weighted by Crippen LogP contribution is -2.49. The number of aryl methyl sites for hydroxylation is 1. The van der Waals surface area contributed by atoms with Crippen molar-refractivity contribution >= 4 is 31.8 Å². The average Bonchev–Trinajstić information content (AvgIpc) is 2.42. The highest BCUT2D eigenvalue weighted by Crippen LogP contribution is 2.25. The highest BCUT2D eigenvalue weighted by atomic mass is 79.9. The SMILES string of the molecule is Cc1ccc(Br)cc1NS(=O)(=O)N1CCCCC1CN. The first-order valence-corrected chi connectivity index (χ1v) is 8.93. The van der Waals surface area contributed by atoms with Gasteiger partial charge in [0, 0.05) is 23.6 Å². The molecular formula is C13H20BrN3O2S. The summed E-state index contributed by atoms with van der Waals surface area (Å²) in [5, 5.41) is 0. The minimum Gasteiger partial charge on any atom is -0.329 e. The number of benzene rings is 1. The van der Waals surface area contributed by atoms with E-state index in [1.807, 2.05) is 19.1 Å². The van der Waals surface area contributed by atoms with Crippen molar-refractivity contribution in [1.29, 1.82) is 0 Å². The Bertz CT molecular complexity index is 577. The van der Waals surface area contributed by atoms with Crippen LogP contribution in [0.15, 0.2) is 22.7 Å². The normalized spacial score (nSPS) is 20.9. The van der Waals surface area contributed by atoms with Gasteiger partial charge in [-0.05, 0) is 37.5 Å². The molecule has 7 heteroatoms. The number of nitrogens with two attached hydrogens (primary N) is 1. The van der Waals surface area contributed by atoms with Gasteiger partial charge in [0.1, 0.15) is 0 Å².